The van der Waals surface area contributed by atoms with E-state index >= 15 is 0 Å². The van der Waals surface area contributed by atoms with Crippen LogP contribution in [0.3, 0.4) is 0 Å². The molecule has 3 aromatic rings. The topological polar surface area (TPSA) is 109 Å². The molecule has 10 heteroatoms. The molecular formula is C21H17ClN4O4S. The van der Waals surface area contributed by atoms with Gasteiger partial charge in [-0.15, -0.1) is 0 Å². The summed E-state index contributed by atoms with van der Waals surface area (Å²) >= 11 is 7.58. The van der Waals surface area contributed by atoms with E-state index in [1.54, 1.807) is 24.3 Å². The van der Waals surface area contributed by atoms with Gasteiger partial charge in [0, 0.05) is 5.02 Å². The Bertz CT molecular complexity index is 1200. The van der Waals surface area contributed by atoms with Crippen molar-refractivity contribution >= 4 is 62.1 Å². The Morgan fingerprint density at radius 2 is 1.90 bits per heavy atom. The number of amides is 3. The lowest BCUT2D eigenvalue weighted by Gasteiger charge is -2.06. The number of anilines is 1. The van der Waals surface area contributed by atoms with Gasteiger partial charge in [-0.1, -0.05) is 42.0 Å². The number of ether oxygens (including phenoxy) is 1. The number of benzene rings is 2. The number of nitrogens with zero attached hydrogens (tertiary/aromatic N) is 1. The Hall–Kier alpha value is -3.43. The molecule has 0 aliphatic carbocycles. The molecule has 1 aliphatic heterocycles. The number of thiazole rings is 1. The van der Waals surface area contributed by atoms with Gasteiger partial charge in [-0.3, -0.25) is 30.6 Å². The lowest BCUT2D eigenvalue weighted by Crippen LogP contribution is -2.28. The van der Waals surface area contributed by atoms with E-state index < -0.39 is 11.8 Å². The molecule has 0 atom stereocenters. The predicted molar refractivity (Wildman–Crippen MR) is 119 cm³/mol. The van der Waals surface area contributed by atoms with E-state index in [1.807, 2.05) is 19.1 Å². The monoisotopic (exact) mass is 456 g/mol. The number of aryl methyl sites for hydroxylation is 1. The van der Waals surface area contributed by atoms with Crippen molar-refractivity contribution < 1.29 is 19.1 Å². The van der Waals surface area contributed by atoms with Crippen LogP contribution in [-0.2, 0) is 20.8 Å². The predicted octanol–water partition coefficient (Wildman–Crippen LogP) is 3.07. The third-order valence-corrected chi connectivity index (χ3v) is 5.81. The molecule has 0 radical (unpaired) electrons. The summed E-state index contributed by atoms with van der Waals surface area (Å²) in [6.07, 6.45) is 2.27. The van der Waals surface area contributed by atoms with Crippen LogP contribution in [0, 0.1) is 0 Å². The maximum Gasteiger partial charge on any atom is 0.275 e. The molecule has 0 saturated carbocycles. The molecule has 1 fully saturated rings. The van der Waals surface area contributed by atoms with Gasteiger partial charge in [-0.05, 0) is 47.9 Å². The van der Waals surface area contributed by atoms with Crippen LogP contribution < -0.4 is 20.9 Å². The molecular weight excluding hydrogens is 440 g/mol. The lowest BCUT2D eigenvalue weighted by molar-refractivity contribution is -0.118. The molecule has 3 amide bonds. The van der Waals surface area contributed by atoms with Gasteiger partial charge in [0.15, 0.2) is 11.7 Å². The van der Waals surface area contributed by atoms with Crippen LogP contribution in [0.2, 0.25) is 5.02 Å². The highest BCUT2D eigenvalue weighted by molar-refractivity contribution is 7.22. The summed E-state index contributed by atoms with van der Waals surface area (Å²) in [6, 6.07) is 10.4. The van der Waals surface area contributed by atoms with E-state index in [4.69, 9.17) is 16.3 Å². The summed E-state index contributed by atoms with van der Waals surface area (Å²) in [5.74, 6) is -0.831. The molecule has 1 aliphatic rings. The van der Waals surface area contributed by atoms with Crippen molar-refractivity contribution in [3.63, 3.8) is 0 Å². The Morgan fingerprint density at radius 1 is 1.19 bits per heavy atom. The van der Waals surface area contributed by atoms with Crippen molar-refractivity contribution in [2.45, 2.75) is 13.3 Å². The van der Waals surface area contributed by atoms with Gasteiger partial charge in [0.05, 0.1) is 10.2 Å². The molecule has 1 aromatic heterocycles. The molecule has 2 aromatic carbocycles. The number of hydrogen-bond donors (Lipinski definition) is 3. The molecule has 158 valence electrons. The van der Waals surface area contributed by atoms with E-state index in [2.05, 4.69) is 21.2 Å². The van der Waals surface area contributed by atoms with Crippen molar-refractivity contribution in [1.82, 2.24) is 15.8 Å². The van der Waals surface area contributed by atoms with E-state index in [-0.39, 0.29) is 18.1 Å². The van der Waals surface area contributed by atoms with Crippen LogP contribution in [0.25, 0.3) is 16.3 Å². The van der Waals surface area contributed by atoms with Gasteiger partial charge in [-0.25, -0.2) is 4.98 Å². The van der Waals surface area contributed by atoms with Crippen LogP contribution >= 0.6 is 22.9 Å². The number of halogens is 1. The smallest absolute Gasteiger partial charge is 0.275 e. The second-order valence-electron chi connectivity index (χ2n) is 6.66. The number of aromatic nitrogens is 1. The minimum Gasteiger partial charge on any atom is -0.484 e. The molecule has 2 heterocycles. The Labute approximate surface area is 186 Å². The fraction of sp³-hybridized carbons (Fsp3) is 0.143. The fourth-order valence-corrected chi connectivity index (χ4v) is 4.20. The van der Waals surface area contributed by atoms with E-state index in [9.17, 15) is 14.4 Å². The summed E-state index contributed by atoms with van der Waals surface area (Å²) < 4.78 is 6.40. The Morgan fingerprint density at radius 3 is 2.58 bits per heavy atom. The standard InChI is InChI=1S/C21H17ClN4O4S/c1-2-12-8-16-17(9-15(12)22)31-21(23-16)24-18(27)10-30-13-5-3-11(4-6-13)7-14-19(28)25-26-20(14)29/h3-9H,2,10H2,1H3,(H,25,28)(H,26,29)(H,23,24,27). The Balaban J connectivity index is 1.35. The highest BCUT2D eigenvalue weighted by Crippen LogP contribution is 2.31. The first-order valence-corrected chi connectivity index (χ1v) is 10.6. The second-order valence-corrected chi connectivity index (χ2v) is 8.09. The van der Waals surface area contributed by atoms with Gasteiger partial charge < -0.3 is 4.74 Å². The van der Waals surface area contributed by atoms with Gasteiger partial charge in [0.25, 0.3) is 17.7 Å². The maximum atomic E-state index is 12.2. The maximum absolute atomic E-state index is 12.2. The third-order valence-electron chi connectivity index (χ3n) is 4.52. The summed E-state index contributed by atoms with van der Waals surface area (Å²) in [7, 11) is 0. The number of fused-ring (bicyclic) bond motifs is 1. The van der Waals surface area contributed by atoms with Crippen LogP contribution in [-0.4, -0.2) is 29.3 Å². The zero-order valence-electron chi connectivity index (χ0n) is 16.3. The van der Waals surface area contributed by atoms with E-state index in [0.29, 0.717) is 21.5 Å². The van der Waals surface area contributed by atoms with Crippen LogP contribution in [0.1, 0.15) is 18.1 Å². The highest BCUT2D eigenvalue weighted by Gasteiger charge is 2.25. The lowest BCUT2D eigenvalue weighted by atomic mass is 10.1. The summed E-state index contributed by atoms with van der Waals surface area (Å²) in [4.78, 5) is 39.8. The molecule has 1 saturated heterocycles. The molecule has 0 bridgehead atoms. The fourth-order valence-electron chi connectivity index (χ4n) is 2.93. The molecule has 0 unspecified atom stereocenters. The number of nitrogens with one attached hydrogen (secondary N) is 3. The van der Waals surface area contributed by atoms with Crippen molar-refractivity contribution in [1.29, 1.82) is 0 Å². The van der Waals surface area contributed by atoms with E-state index in [1.165, 1.54) is 17.4 Å². The molecule has 0 spiro atoms. The second kappa shape index (κ2) is 8.75. The van der Waals surface area contributed by atoms with Crippen molar-refractivity contribution in [3.8, 4) is 5.75 Å². The van der Waals surface area contributed by atoms with Crippen molar-refractivity contribution in [2.24, 2.45) is 0 Å². The minimum absolute atomic E-state index is 0.0243. The van der Waals surface area contributed by atoms with Gasteiger partial charge in [-0.2, -0.15) is 0 Å². The number of hydrazine groups is 1. The molecule has 31 heavy (non-hydrogen) atoms. The Kier molecular flexibility index (Phi) is 5.88. The summed E-state index contributed by atoms with van der Waals surface area (Å²) in [5.41, 5.74) is 6.94. The van der Waals surface area contributed by atoms with Crippen LogP contribution in [0.15, 0.2) is 42.0 Å². The van der Waals surface area contributed by atoms with Gasteiger partial charge in [0.2, 0.25) is 0 Å². The summed E-state index contributed by atoms with van der Waals surface area (Å²) in [6.45, 7) is 1.83. The SMILES string of the molecule is CCc1cc2nc(NC(=O)COc3ccc(C=C4C(=O)NNC4=O)cc3)sc2cc1Cl. The molecule has 8 nitrogen and oxygen atoms in total. The van der Waals surface area contributed by atoms with Crippen molar-refractivity contribution in [3.05, 3.63) is 58.1 Å². The third kappa shape index (κ3) is 4.68. The van der Waals surface area contributed by atoms with E-state index in [0.717, 1.165) is 22.2 Å². The molecule has 3 N–H and O–H groups in total. The van der Waals surface area contributed by atoms with Crippen LogP contribution in [0.4, 0.5) is 5.13 Å². The average Bonchev–Trinajstić information content (AvgIpc) is 3.29. The highest BCUT2D eigenvalue weighted by atomic mass is 35.5. The minimum atomic E-state index is -0.481. The number of carbonyl (C=O) groups excluding carboxylic acids is 3. The number of hydrogen-bond acceptors (Lipinski definition) is 6. The average molecular weight is 457 g/mol. The zero-order valence-corrected chi connectivity index (χ0v) is 17.9. The first-order chi connectivity index (χ1) is 14.9. The number of rotatable bonds is 6. The van der Waals surface area contributed by atoms with Gasteiger partial charge >= 0.3 is 0 Å². The molecule has 4 rings (SSSR count). The van der Waals surface area contributed by atoms with Gasteiger partial charge in [0.1, 0.15) is 11.3 Å². The quantitative estimate of drug-likeness (QED) is 0.390. The zero-order chi connectivity index (χ0) is 22.0. The normalized spacial score (nSPS) is 13.2. The largest absolute Gasteiger partial charge is 0.484 e. The first-order valence-electron chi connectivity index (χ1n) is 9.37. The first kappa shape index (κ1) is 20.8. The van der Waals surface area contributed by atoms with Crippen molar-refractivity contribution in [2.75, 3.05) is 11.9 Å². The summed E-state index contributed by atoms with van der Waals surface area (Å²) in [5, 5.41) is 3.89. The van der Waals surface area contributed by atoms with Crippen LogP contribution in [0.5, 0.6) is 5.75 Å². The number of carbonyl (C=O) groups is 3.